The van der Waals surface area contributed by atoms with Gasteiger partial charge in [-0.05, 0) is 87.0 Å². The molecule has 2 aromatic rings. The molecule has 0 aliphatic carbocycles. The topological polar surface area (TPSA) is 81.8 Å². The Balaban J connectivity index is 1.14. The zero-order valence-corrected chi connectivity index (χ0v) is 21.9. The summed E-state index contributed by atoms with van der Waals surface area (Å²) >= 11 is 0. The number of nitrogens with one attached hydrogen (secondary N) is 2. The second-order valence-corrected chi connectivity index (χ2v) is 10.3. The highest BCUT2D eigenvalue weighted by Crippen LogP contribution is 2.29. The van der Waals surface area contributed by atoms with E-state index < -0.39 is 17.6 Å². The number of nitrogens with zero attached hydrogens (tertiary/aromatic N) is 2. The number of alkyl halides is 3. The number of benzene rings is 2. The molecule has 0 saturated carbocycles. The Labute approximate surface area is 226 Å². The molecule has 0 radical (unpaired) electrons. The maximum absolute atomic E-state index is 12.8. The standard InChI is InChI=1S/C29H35F3N4O3/c30-29(31,32)25-6-4-5-24(17-25)27(38)34-19-26(37)33-18-21-11-15-35(16-12-21)20-22-7-9-23(10-8-22)28(39)36-13-2-1-3-14-36/h4-10,17,21H,1-3,11-16,18-20H2,(H,33,37)(H,34,38). The van der Waals surface area contributed by atoms with E-state index in [0.29, 0.717) is 12.5 Å². The molecule has 2 aliphatic rings. The molecule has 2 saturated heterocycles. The van der Waals surface area contributed by atoms with Gasteiger partial charge in [0.15, 0.2) is 0 Å². The van der Waals surface area contributed by atoms with Crippen molar-refractivity contribution in [3.05, 3.63) is 70.8 Å². The van der Waals surface area contributed by atoms with Crippen molar-refractivity contribution in [3.8, 4) is 0 Å². The predicted octanol–water partition coefficient (Wildman–Crippen LogP) is 4.09. The van der Waals surface area contributed by atoms with Crippen molar-refractivity contribution >= 4 is 17.7 Å². The third-order valence-electron chi connectivity index (χ3n) is 7.41. The van der Waals surface area contributed by atoms with Crippen LogP contribution in [0.25, 0.3) is 0 Å². The monoisotopic (exact) mass is 544 g/mol. The first-order chi connectivity index (χ1) is 18.7. The van der Waals surface area contributed by atoms with E-state index in [1.165, 1.54) is 12.5 Å². The summed E-state index contributed by atoms with van der Waals surface area (Å²) in [5.74, 6) is -0.682. The fraction of sp³-hybridized carbons (Fsp3) is 0.483. The zero-order valence-electron chi connectivity index (χ0n) is 21.9. The van der Waals surface area contributed by atoms with Gasteiger partial charge in [0.2, 0.25) is 5.91 Å². The average Bonchev–Trinajstić information content (AvgIpc) is 2.95. The molecule has 2 aliphatic heterocycles. The lowest BCUT2D eigenvalue weighted by molar-refractivity contribution is -0.137. The molecule has 3 amide bonds. The normalized spacial score (nSPS) is 17.1. The first-order valence-corrected chi connectivity index (χ1v) is 13.5. The van der Waals surface area contributed by atoms with E-state index in [4.69, 9.17) is 0 Å². The van der Waals surface area contributed by atoms with Crippen LogP contribution in [0.1, 0.15) is 63.9 Å². The highest BCUT2D eigenvalue weighted by Gasteiger charge is 2.31. The number of likely N-dealkylation sites (tertiary alicyclic amines) is 2. The van der Waals surface area contributed by atoms with Crippen LogP contribution in [0.2, 0.25) is 0 Å². The first kappa shape index (κ1) is 28.6. The van der Waals surface area contributed by atoms with Crippen LogP contribution >= 0.6 is 0 Å². The molecule has 7 nitrogen and oxygen atoms in total. The molecule has 2 fully saturated rings. The molecule has 10 heteroatoms. The number of rotatable bonds is 8. The number of carbonyl (C=O) groups is 3. The molecular weight excluding hydrogens is 509 g/mol. The fourth-order valence-electron chi connectivity index (χ4n) is 5.06. The molecule has 0 bridgehead atoms. The lowest BCUT2D eigenvalue weighted by Gasteiger charge is -2.32. The Morgan fingerprint density at radius 1 is 0.846 bits per heavy atom. The summed E-state index contributed by atoms with van der Waals surface area (Å²) < 4.78 is 38.5. The van der Waals surface area contributed by atoms with E-state index in [0.717, 1.165) is 87.7 Å². The lowest BCUT2D eigenvalue weighted by Crippen LogP contribution is -2.41. The molecule has 0 aromatic heterocycles. The Hall–Kier alpha value is -3.40. The molecule has 0 unspecified atom stereocenters. The molecule has 39 heavy (non-hydrogen) atoms. The van der Waals surface area contributed by atoms with Gasteiger partial charge in [0.25, 0.3) is 11.8 Å². The number of hydrogen-bond acceptors (Lipinski definition) is 4. The maximum Gasteiger partial charge on any atom is 0.416 e. The van der Waals surface area contributed by atoms with Gasteiger partial charge in [0.05, 0.1) is 12.1 Å². The van der Waals surface area contributed by atoms with Crippen LogP contribution in [-0.4, -0.2) is 66.8 Å². The maximum atomic E-state index is 12.8. The van der Waals surface area contributed by atoms with E-state index in [1.54, 1.807) is 0 Å². The number of amides is 3. The van der Waals surface area contributed by atoms with Gasteiger partial charge in [0.1, 0.15) is 0 Å². The van der Waals surface area contributed by atoms with Crippen molar-refractivity contribution in [3.63, 3.8) is 0 Å². The van der Waals surface area contributed by atoms with E-state index >= 15 is 0 Å². The third-order valence-corrected chi connectivity index (χ3v) is 7.41. The smallest absolute Gasteiger partial charge is 0.354 e. The summed E-state index contributed by atoms with van der Waals surface area (Å²) in [5.41, 5.74) is 0.841. The van der Waals surface area contributed by atoms with Crippen LogP contribution in [0, 0.1) is 5.92 Å². The molecule has 2 N–H and O–H groups in total. The van der Waals surface area contributed by atoms with E-state index in [-0.39, 0.29) is 23.9 Å². The van der Waals surface area contributed by atoms with Gasteiger partial charge >= 0.3 is 6.18 Å². The molecule has 0 atom stereocenters. The van der Waals surface area contributed by atoms with Crippen molar-refractivity contribution in [2.45, 2.75) is 44.8 Å². The van der Waals surface area contributed by atoms with Crippen LogP contribution in [0.15, 0.2) is 48.5 Å². The van der Waals surface area contributed by atoms with E-state index in [9.17, 15) is 27.6 Å². The van der Waals surface area contributed by atoms with Crippen molar-refractivity contribution in [1.29, 1.82) is 0 Å². The minimum atomic E-state index is -4.54. The molecule has 4 rings (SSSR count). The first-order valence-electron chi connectivity index (χ1n) is 13.5. The second kappa shape index (κ2) is 13.1. The van der Waals surface area contributed by atoms with Crippen molar-refractivity contribution in [2.75, 3.05) is 39.3 Å². The summed E-state index contributed by atoms with van der Waals surface area (Å²) in [7, 11) is 0. The summed E-state index contributed by atoms with van der Waals surface area (Å²) in [6.45, 7) is 4.44. The third kappa shape index (κ3) is 8.29. The number of halogens is 3. The van der Waals surface area contributed by atoms with Gasteiger partial charge in [0, 0.05) is 37.3 Å². The molecule has 0 spiro atoms. The van der Waals surface area contributed by atoms with Gasteiger partial charge in [-0.25, -0.2) is 0 Å². The Morgan fingerprint density at radius 2 is 1.54 bits per heavy atom. The summed E-state index contributed by atoms with van der Waals surface area (Å²) in [4.78, 5) is 41.3. The summed E-state index contributed by atoms with van der Waals surface area (Å²) in [6, 6.07) is 12.0. The number of piperidine rings is 2. The molecular formula is C29H35F3N4O3. The minimum Gasteiger partial charge on any atom is -0.354 e. The van der Waals surface area contributed by atoms with Crippen LogP contribution in [0.3, 0.4) is 0 Å². The lowest BCUT2D eigenvalue weighted by atomic mass is 9.96. The van der Waals surface area contributed by atoms with Gasteiger partial charge in [-0.1, -0.05) is 18.2 Å². The number of carbonyl (C=O) groups excluding carboxylic acids is 3. The van der Waals surface area contributed by atoms with Crippen molar-refractivity contribution in [2.24, 2.45) is 5.92 Å². The predicted molar refractivity (Wildman–Crippen MR) is 141 cm³/mol. The largest absolute Gasteiger partial charge is 0.416 e. The van der Waals surface area contributed by atoms with Gasteiger partial charge in [-0.15, -0.1) is 0 Å². The van der Waals surface area contributed by atoms with Crippen molar-refractivity contribution < 1.29 is 27.6 Å². The quantitative estimate of drug-likeness (QED) is 0.525. The second-order valence-electron chi connectivity index (χ2n) is 10.3. The van der Waals surface area contributed by atoms with Crippen LogP contribution in [-0.2, 0) is 17.5 Å². The fourth-order valence-corrected chi connectivity index (χ4v) is 5.06. The zero-order chi connectivity index (χ0) is 27.8. The van der Waals surface area contributed by atoms with E-state index in [1.807, 2.05) is 29.2 Å². The SMILES string of the molecule is O=C(CNC(=O)c1cccc(C(F)(F)F)c1)NCC1CCN(Cc2ccc(C(=O)N3CCCCC3)cc2)CC1. The van der Waals surface area contributed by atoms with Gasteiger partial charge in [-0.3, -0.25) is 19.3 Å². The Bertz CT molecular complexity index is 1140. The molecule has 2 aromatic carbocycles. The highest BCUT2D eigenvalue weighted by atomic mass is 19.4. The van der Waals surface area contributed by atoms with Crippen molar-refractivity contribution in [1.82, 2.24) is 20.4 Å². The van der Waals surface area contributed by atoms with Gasteiger partial charge in [-0.2, -0.15) is 13.2 Å². The molecule has 210 valence electrons. The highest BCUT2D eigenvalue weighted by molar-refractivity contribution is 5.96. The summed E-state index contributed by atoms with van der Waals surface area (Å²) in [6.07, 6.45) is 0.634. The Morgan fingerprint density at radius 3 is 2.21 bits per heavy atom. The van der Waals surface area contributed by atoms with Crippen LogP contribution in [0.4, 0.5) is 13.2 Å². The van der Waals surface area contributed by atoms with Gasteiger partial charge < -0.3 is 15.5 Å². The van der Waals surface area contributed by atoms with E-state index in [2.05, 4.69) is 15.5 Å². The average molecular weight is 545 g/mol. The number of hydrogen-bond donors (Lipinski definition) is 2. The Kier molecular flexibility index (Phi) is 9.61. The molecule has 2 heterocycles. The summed E-state index contributed by atoms with van der Waals surface area (Å²) in [5, 5.41) is 5.19. The minimum absolute atomic E-state index is 0.110. The van der Waals surface area contributed by atoms with Crippen LogP contribution in [0.5, 0.6) is 0 Å². The van der Waals surface area contributed by atoms with Crippen LogP contribution < -0.4 is 10.6 Å².